The highest BCUT2D eigenvalue weighted by molar-refractivity contribution is 6.11. The molecule has 0 aliphatic rings. The lowest BCUT2D eigenvalue weighted by Crippen LogP contribution is -2.11. The Hall–Kier alpha value is -7.58. The van der Waals surface area contributed by atoms with E-state index in [2.05, 4.69) is 165 Å². The minimum absolute atomic E-state index is 0.00856. The molecule has 6 nitrogen and oxygen atoms in total. The number of aryl methyl sites for hydroxylation is 4. The summed E-state index contributed by atoms with van der Waals surface area (Å²) in [6.45, 7) is 34.4. The van der Waals surface area contributed by atoms with Gasteiger partial charge in [0.25, 0.3) is 0 Å². The second-order valence-electron chi connectivity index (χ2n) is 26.2. The van der Waals surface area contributed by atoms with E-state index in [1.807, 2.05) is 52.0 Å². The first-order valence-corrected chi connectivity index (χ1v) is 27.7. The van der Waals surface area contributed by atoms with Gasteiger partial charge in [-0.1, -0.05) is 132 Å². The van der Waals surface area contributed by atoms with E-state index in [0.29, 0.717) is 62.7 Å². The zero-order valence-electron chi connectivity index (χ0n) is 49.0. The maximum atomic E-state index is 15.7. The quantitative estimate of drug-likeness (QED) is 0.134. The number of aromatic nitrogens is 2. The van der Waals surface area contributed by atoms with Crippen molar-refractivity contribution in [1.29, 1.82) is 0 Å². The van der Waals surface area contributed by atoms with Gasteiger partial charge in [-0.2, -0.15) is 0 Å². The average Bonchev–Trinajstić information content (AvgIpc) is 3.97. The van der Waals surface area contributed by atoms with E-state index in [0.717, 1.165) is 54.7 Å². The molecule has 0 saturated heterocycles. The summed E-state index contributed by atoms with van der Waals surface area (Å²) in [5, 5.41) is 29.6. The Labute approximate surface area is 465 Å². The zero-order valence-corrected chi connectivity index (χ0v) is 49.0. The number of aromatic hydroxyl groups is 2. The van der Waals surface area contributed by atoms with Crippen molar-refractivity contribution in [3.8, 4) is 56.6 Å². The third kappa shape index (κ3) is 10.1. The molecular formula is C71H76F2N2O4. The molecule has 2 N–H and O–H groups in total. The Bertz CT molecular complexity index is 3670. The van der Waals surface area contributed by atoms with Crippen molar-refractivity contribution < 1.29 is 28.5 Å². The summed E-state index contributed by atoms with van der Waals surface area (Å²) in [6.07, 6.45) is 0.406. The number of phenolic OH excluding ortho intramolecular Hbond substituents is 2. The van der Waals surface area contributed by atoms with Crippen LogP contribution in [-0.4, -0.2) is 32.6 Å². The molecule has 2 aromatic heterocycles. The van der Waals surface area contributed by atoms with Crippen LogP contribution < -0.4 is 9.47 Å². The van der Waals surface area contributed by atoms with E-state index in [9.17, 15) is 10.2 Å². The van der Waals surface area contributed by atoms with Crippen molar-refractivity contribution in [3.05, 3.63) is 177 Å². The number of fused-ring (bicyclic) bond motifs is 6. The zero-order chi connectivity index (χ0) is 57.0. The molecule has 0 atom stereocenters. The molecule has 0 amide bonds. The normalized spacial score (nSPS) is 12.7. The van der Waals surface area contributed by atoms with Gasteiger partial charge in [0.1, 0.15) is 34.6 Å². The molecule has 79 heavy (non-hydrogen) atoms. The van der Waals surface area contributed by atoms with Crippen LogP contribution >= 0.6 is 0 Å². The van der Waals surface area contributed by atoms with Crippen molar-refractivity contribution >= 4 is 43.6 Å². The van der Waals surface area contributed by atoms with Crippen LogP contribution in [0.4, 0.5) is 8.78 Å². The van der Waals surface area contributed by atoms with Crippen LogP contribution in [0.25, 0.3) is 77.2 Å². The van der Waals surface area contributed by atoms with Gasteiger partial charge >= 0.3 is 0 Å². The fraction of sp³-hybridized carbons (Fsp3) is 0.324. The Balaban J connectivity index is 0.991. The monoisotopic (exact) mass is 1060 g/mol. The maximum absolute atomic E-state index is 15.7. The lowest BCUT2D eigenvalue weighted by molar-refractivity contribution is 0.246. The molecular weight excluding hydrogens is 983 g/mol. The number of ether oxygens (including phenoxy) is 2. The molecule has 10 aromatic rings. The van der Waals surface area contributed by atoms with Crippen LogP contribution in [-0.2, 0) is 21.7 Å². The topological polar surface area (TPSA) is 68.8 Å². The third-order valence-electron chi connectivity index (χ3n) is 15.8. The van der Waals surface area contributed by atoms with Crippen molar-refractivity contribution in [3.63, 3.8) is 0 Å². The van der Waals surface area contributed by atoms with E-state index in [1.165, 1.54) is 46.5 Å². The fourth-order valence-corrected chi connectivity index (χ4v) is 11.3. The van der Waals surface area contributed by atoms with Crippen molar-refractivity contribution in [2.75, 3.05) is 13.2 Å². The van der Waals surface area contributed by atoms with Gasteiger partial charge in [0.05, 0.1) is 46.7 Å². The highest BCUT2D eigenvalue weighted by atomic mass is 19.1. The number of rotatable bonds is 10. The molecule has 0 aliphatic carbocycles. The number of nitrogens with zero attached hydrogens (tertiary/aromatic N) is 2. The van der Waals surface area contributed by atoms with Gasteiger partial charge in [-0.15, -0.1) is 0 Å². The van der Waals surface area contributed by atoms with Gasteiger partial charge in [-0.05, 0) is 167 Å². The molecule has 408 valence electrons. The summed E-state index contributed by atoms with van der Waals surface area (Å²) < 4.78 is 48.9. The standard InChI is InChI=1S/C71H76F2N2O4/c1-40-28-54(64(76)62(30-40)74-58-34-44(68(5,6)7)18-22-50(58)51-23-19-45(35-59(51)74)69(8,9)10)56-38-48(72)32-42(3)66(56)78-26-17-27-79-67-43(4)33-49(73)39-57(67)55-29-41(2)31-63(65(55)77)75-60-36-46(70(11,12)13)20-24-52(60)53-25-21-47(37-61(53)75)71(14,15)16/h18-25,28-39,76-77H,17,26-27H2,1-16H3. The number of benzene rings is 8. The van der Waals surface area contributed by atoms with Crippen LogP contribution in [0.5, 0.6) is 23.0 Å². The Morgan fingerprint density at radius 1 is 0.380 bits per heavy atom. The molecule has 0 bridgehead atoms. The van der Waals surface area contributed by atoms with Gasteiger partial charge in [-0.25, -0.2) is 8.78 Å². The Morgan fingerprint density at radius 2 is 0.671 bits per heavy atom. The van der Waals surface area contributed by atoms with E-state index >= 15 is 8.78 Å². The van der Waals surface area contributed by atoms with Gasteiger partial charge in [0, 0.05) is 50.2 Å². The van der Waals surface area contributed by atoms with Crippen LogP contribution in [0.1, 0.15) is 134 Å². The molecule has 0 fully saturated rings. The van der Waals surface area contributed by atoms with Crippen molar-refractivity contribution in [2.24, 2.45) is 0 Å². The lowest BCUT2D eigenvalue weighted by Gasteiger charge is -2.22. The molecule has 0 saturated carbocycles. The Morgan fingerprint density at radius 3 is 0.949 bits per heavy atom. The van der Waals surface area contributed by atoms with Gasteiger partial charge in [0.2, 0.25) is 0 Å². The van der Waals surface area contributed by atoms with Crippen LogP contribution in [0.2, 0.25) is 0 Å². The summed E-state index contributed by atoms with van der Waals surface area (Å²) in [5.41, 5.74) is 13.9. The molecule has 8 heteroatoms. The number of halogens is 2. The molecule has 0 unspecified atom stereocenters. The van der Waals surface area contributed by atoms with Crippen LogP contribution in [0.15, 0.2) is 121 Å². The van der Waals surface area contributed by atoms with Crippen LogP contribution in [0, 0.1) is 39.3 Å². The van der Waals surface area contributed by atoms with E-state index in [1.54, 1.807) is 0 Å². The predicted molar refractivity (Wildman–Crippen MR) is 325 cm³/mol. The van der Waals surface area contributed by atoms with Crippen molar-refractivity contribution in [2.45, 2.75) is 139 Å². The second kappa shape index (κ2) is 19.6. The first-order valence-electron chi connectivity index (χ1n) is 27.7. The maximum Gasteiger partial charge on any atom is 0.147 e. The average molecular weight is 1060 g/mol. The Kier molecular flexibility index (Phi) is 13.6. The van der Waals surface area contributed by atoms with Crippen LogP contribution in [0.3, 0.4) is 0 Å². The summed E-state index contributed by atoms with van der Waals surface area (Å²) in [4.78, 5) is 0. The summed E-state index contributed by atoms with van der Waals surface area (Å²) in [6, 6.07) is 39.9. The summed E-state index contributed by atoms with van der Waals surface area (Å²) in [7, 11) is 0. The minimum Gasteiger partial charge on any atom is -0.505 e. The second-order valence-corrected chi connectivity index (χ2v) is 26.2. The molecule has 2 heterocycles. The minimum atomic E-state index is -0.448. The molecule has 8 aromatic carbocycles. The van der Waals surface area contributed by atoms with Gasteiger partial charge < -0.3 is 28.8 Å². The molecule has 10 rings (SSSR count). The first kappa shape index (κ1) is 54.8. The largest absolute Gasteiger partial charge is 0.505 e. The van der Waals surface area contributed by atoms with E-state index in [-0.39, 0.29) is 46.4 Å². The number of hydrogen-bond donors (Lipinski definition) is 2. The fourth-order valence-electron chi connectivity index (χ4n) is 11.3. The van der Waals surface area contributed by atoms with Gasteiger partial charge in [0.15, 0.2) is 0 Å². The highest BCUT2D eigenvalue weighted by Gasteiger charge is 2.28. The SMILES string of the molecule is Cc1cc(-c2cc(F)cc(C)c2OCCCOc2c(C)cc(F)cc2-c2cc(C)cc(-n3c4cc(C(C)(C)C)ccc4c4ccc(C(C)(C)C)cc43)c2O)c(O)c(-n2c3cc(C(C)(C)C)ccc3c3ccc(C(C)(C)C)cc32)c1. The number of hydrogen-bond acceptors (Lipinski definition) is 4. The van der Waals surface area contributed by atoms with Crippen molar-refractivity contribution in [1.82, 2.24) is 9.13 Å². The summed E-state index contributed by atoms with van der Waals surface area (Å²) in [5.74, 6) is 0.0211. The molecule has 0 spiro atoms. The van der Waals surface area contributed by atoms with E-state index < -0.39 is 11.6 Å². The lowest BCUT2D eigenvalue weighted by atomic mass is 9.86. The molecule has 0 aliphatic heterocycles. The third-order valence-corrected chi connectivity index (χ3v) is 15.8. The van der Waals surface area contributed by atoms with Gasteiger partial charge in [-0.3, -0.25) is 0 Å². The molecule has 0 radical (unpaired) electrons. The van der Waals surface area contributed by atoms with E-state index in [4.69, 9.17) is 9.47 Å². The summed E-state index contributed by atoms with van der Waals surface area (Å²) >= 11 is 0. The first-order chi connectivity index (χ1) is 37.0. The number of phenols is 2. The smallest absolute Gasteiger partial charge is 0.147 e. The highest BCUT2D eigenvalue weighted by Crippen LogP contribution is 2.48. The predicted octanol–water partition coefficient (Wildman–Crippen LogP) is 19.2.